The Morgan fingerprint density at radius 3 is 2.87 bits per heavy atom. The molecule has 5 heterocycles. The number of fused-ring (bicyclic) bond motifs is 2. The highest BCUT2D eigenvalue weighted by atomic mass is 16.5. The number of rotatable bonds is 4. The molecule has 0 saturated carbocycles. The van der Waals surface area contributed by atoms with E-state index >= 15 is 0 Å². The zero-order valence-electron chi connectivity index (χ0n) is 16.1. The molecule has 0 amide bonds. The molecule has 1 saturated heterocycles. The number of nitriles is 1. The van der Waals surface area contributed by atoms with Crippen LogP contribution in [0.3, 0.4) is 0 Å². The van der Waals surface area contributed by atoms with Crippen molar-refractivity contribution in [2.24, 2.45) is 0 Å². The topological polar surface area (TPSA) is 123 Å². The fraction of sp³-hybridized carbons (Fsp3) is 0.350. The first kappa shape index (κ1) is 18.5. The molecule has 10 heteroatoms. The van der Waals surface area contributed by atoms with Crippen molar-refractivity contribution in [3.63, 3.8) is 0 Å². The highest BCUT2D eigenvalue weighted by Crippen LogP contribution is 2.27. The van der Waals surface area contributed by atoms with Crippen LogP contribution in [0, 0.1) is 11.3 Å². The summed E-state index contributed by atoms with van der Waals surface area (Å²) in [5.41, 5.74) is 2.81. The average Bonchev–Trinajstić information content (AvgIpc) is 3.32. The Morgan fingerprint density at radius 1 is 1.27 bits per heavy atom. The first-order valence-electron chi connectivity index (χ1n) is 9.75. The fourth-order valence-electron chi connectivity index (χ4n) is 4.00. The highest BCUT2D eigenvalue weighted by Gasteiger charge is 2.24. The third kappa shape index (κ3) is 2.87. The Bertz CT molecular complexity index is 1340. The SMILES string of the molecule is N#Cc1ccn2ncc(-c3ncc4c(n3)n(C3CCOCC3)c(=O)n4CCO)c2c1. The normalized spacial score (nSPS) is 15.1. The smallest absolute Gasteiger partial charge is 0.330 e. The van der Waals surface area contributed by atoms with E-state index in [1.165, 1.54) is 4.57 Å². The first-order chi connectivity index (χ1) is 14.7. The van der Waals surface area contributed by atoms with Gasteiger partial charge >= 0.3 is 5.69 Å². The average molecular weight is 405 g/mol. The maximum Gasteiger partial charge on any atom is 0.330 e. The molecule has 5 rings (SSSR count). The summed E-state index contributed by atoms with van der Waals surface area (Å²) in [7, 11) is 0. The molecule has 1 N–H and O–H groups in total. The predicted molar refractivity (Wildman–Crippen MR) is 107 cm³/mol. The minimum absolute atomic E-state index is 0.0226. The van der Waals surface area contributed by atoms with E-state index in [-0.39, 0.29) is 24.9 Å². The molecule has 1 aliphatic rings. The molecule has 0 spiro atoms. The lowest BCUT2D eigenvalue weighted by Gasteiger charge is -2.22. The standard InChI is InChI=1S/C20H19N7O3/c21-10-13-1-4-26-16(9-13)15(11-23-26)18-22-12-17-19(24-18)27(14-2-7-30-8-3-14)20(29)25(17)5-6-28/h1,4,9,11-12,14,28H,2-3,5-8H2. The lowest BCUT2D eigenvalue weighted by Crippen LogP contribution is -2.31. The third-order valence-electron chi connectivity index (χ3n) is 5.48. The van der Waals surface area contributed by atoms with Gasteiger partial charge in [0.2, 0.25) is 0 Å². The zero-order valence-corrected chi connectivity index (χ0v) is 16.1. The zero-order chi connectivity index (χ0) is 20.7. The van der Waals surface area contributed by atoms with Gasteiger partial charge in [-0.2, -0.15) is 10.4 Å². The number of imidazole rings is 1. The van der Waals surface area contributed by atoms with Crippen molar-refractivity contribution in [3.8, 4) is 17.5 Å². The van der Waals surface area contributed by atoms with Gasteiger partial charge in [0, 0.05) is 25.5 Å². The predicted octanol–water partition coefficient (Wildman–Crippen LogP) is 1.12. The van der Waals surface area contributed by atoms with Gasteiger partial charge in [0.1, 0.15) is 5.52 Å². The number of pyridine rings is 1. The van der Waals surface area contributed by atoms with Gasteiger partial charge in [-0.05, 0) is 25.0 Å². The second kappa shape index (κ2) is 7.37. The molecule has 30 heavy (non-hydrogen) atoms. The number of aliphatic hydroxyl groups excluding tert-OH is 1. The Balaban J connectivity index is 1.72. The second-order valence-electron chi connectivity index (χ2n) is 7.19. The number of hydrogen-bond acceptors (Lipinski definition) is 7. The van der Waals surface area contributed by atoms with Gasteiger partial charge in [0.05, 0.1) is 48.3 Å². The van der Waals surface area contributed by atoms with Crippen molar-refractivity contribution in [1.82, 2.24) is 28.7 Å². The van der Waals surface area contributed by atoms with Crippen LogP contribution in [-0.4, -0.2) is 53.6 Å². The molecule has 4 aromatic rings. The molecule has 152 valence electrons. The summed E-state index contributed by atoms with van der Waals surface area (Å²) in [6.45, 7) is 1.20. The van der Waals surface area contributed by atoms with Crippen LogP contribution in [0.1, 0.15) is 24.4 Å². The minimum Gasteiger partial charge on any atom is -0.395 e. The number of nitrogens with zero attached hydrogens (tertiary/aromatic N) is 7. The largest absolute Gasteiger partial charge is 0.395 e. The molecule has 1 aliphatic heterocycles. The number of aliphatic hydroxyl groups is 1. The molecule has 0 bridgehead atoms. The van der Waals surface area contributed by atoms with Gasteiger partial charge in [0.25, 0.3) is 0 Å². The van der Waals surface area contributed by atoms with E-state index in [0.29, 0.717) is 46.8 Å². The Morgan fingerprint density at radius 2 is 2.10 bits per heavy atom. The summed E-state index contributed by atoms with van der Waals surface area (Å²) < 4.78 is 10.3. The van der Waals surface area contributed by atoms with Crippen molar-refractivity contribution >= 4 is 16.7 Å². The van der Waals surface area contributed by atoms with Crippen LogP contribution >= 0.6 is 0 Å². The Hall–Kier alpha value is -3.55. The summed E-state index contributed by atoms with van der Waals surface area (Å²) in [5, 5.41) is 23.0. The molecule has 0 unspecified atom stereocenters. The van der Waals surface area contributed by atoms with Gasteiger partial charge in [-0.3, -0.25) is 9.13 Å². The minimum atomic E-state index is -0.205. The van der Waals surface area contributed by atoms with E-state index in [2.05, 4.69) is 16.2 Å². The summed E-state index contributed by atoms with van der Waals surface area (Å²) in [6.07, 6.45) is 6.42. The Kier molecular flexibility index (Phi) is 4.54. The fourth-order valence-corrected chi connectivity index (χ4v) is 4.00. The van der Waals surface area contributed by atoms with Crippen LogP contribution in [0.5, 0.6) is 0 Å². The van der Waals surface area contributed by atoms with E-state index in [1.54, 1.807) is 39.8 Å². The van der Waals surface area contributed by atoms with Gasteiger partial charge in [-0.25, -0.2) is 19.3 Å². The molecule has 0 aliphatic carbocycles. The van der Waals surface area contributed by atoms with E-state index in [9.17, 15) is 15.2 Å². The summed E-state index contributed by atoms with van der Waals surface area (Å²) in [4.78, 5) is 22.3. The van der Waals surface area contributed by atoms with Gasteiger partial charge in [-0.15, -0.1) is 0 Å². The molecular formula is C20H19N7O3. The molecular weight excluding hydrogens is 386 g/mol. The molecule has 1 fully saturated rings. The maximum atomic E-state index is 13.1. The molecule has 4 aromatic heterocycles. The highest BCUT2D eigenvalue weighted by molar-refractivity contribution is 5.80. The monoisotopic (exact) mass is 405 g/mol. The molecule has 0 aromatic carbocycles. The van der Waals surface area contributed by atoms with Gasteiger partial charge in [-0.1, -0.05) is 0 Å². The van der Waals surface area contributed by atoms with Crippen LogP contribution in [-0.2, 0) is 11.3 Å². The number of ether oxygens (including phenoxy) is 1. The lowest BCUT2D eigenvalue weighted by molar-refractivity contribution is 0.0694. The summed E-state index contributed by atoms with van der Waals surface area (Å²) >= 11 is 0. The van der Waals surface area contributed by atoms with Gasteiger partial charge < -0.3 is 9.84 Å². The van der Waals surface area contributed by atoms with Crippen molar-refractivity contribution in [2.45, 2.75) is 25.4 Å². The quantitative estimate of drug-likeness (QED) is 0.540. The van der Waals surface area contributed by atoms with Crippen LogP contribution in [0.2, 0.25) is 0 Å². The van der Waals surface area contributed by atoms with Crippen molar-refractivity contribution in [1.29, 1.82) is 5.26 Å². The molecule has 0 radical (unpaired) electrons. The summed E-state index contributed by atoms with van der Waals surface area (Å²) in [5.74, 6) is 0.426. The number of aromatic nitrogens is 6. The number of hydrogen-bond donors (Lipinski definition) is 1. The molecule has 0 atom stereocenters. The van der Waals surface area contributed by atoms with Crippen molar-refractivity contribution in [2.75, 3.05) is 19.8 Å². The van der Waals surface area contributed by atoms with E-state index in [1.807, 2.05) is 0 Å². The summed E-state index contributed by atoms with van der Waals surface area (Å²) in [6, 6.07) is 5.53. The first-order valence-corrected chi connectivity index (χ1v) is 9.75. The van der Waals surface area contributed by atoms with Crippen LogP contribution in [0.4, 0.5) is 0 Å². The Labute approximate surface area is 170 Å². The van der Waals surface area contributed by atoms with Gasteiger partial charge in [0.15, 0.2) is 11.5 Å². The van der Waals surface area contributed by atoms with Crippen molar-refractivity contribution < 1.29 is 9.84 Å². The van der Waals surface area contributed by atoms with Crippen LogP contribution in [0.25, 0.3) is 28.1 Å². The van der Waals surface area contributed by atoms with Crippen molar-refractivity contribution in [3.05, 3.63) is 46.8 Å². The van der Waals surface area contributed by atoms with E-state index in [0.717, 1.165) is 12.8 Å². The molecule has 10 nitrogen and oxygen atoms in total. The van der Waals surface area contributed by atoms with Crippen LogP contribution in [0.15, 0.2) is 35.5 Å². The van der Waals surface area contributed by atoms with Crippen LogP contribution < -0.4 is 5.69 Å². The third-order valence-corrected chi connectivity index (χ3v) is 5.48. The van der Waals surface area contributed by atoms with E-state index < -0.39 is 0 Å². The second-order valence-corrected chi connectivity index (χ2v) is 7.19. The lowest BCUT2D eigenvalue weighted by atomic mass is 10.1. The maximum absolute atomic E-state index is 13.1. The van der Waals surface area contributed by atoms with E-state index in [4.69, 9.17) is 9.72 Å².